The monoisotopic (exact) mass is 370 g/mol. The molecule has 1 aromatic heterocycles. The van der Waals surface area contributed by atoms with Gasteiger partial charge in [0.2, 0.25) is 0 Å². The van der Waals surface area contributed by atoms with Crippen LogP contribution >= 0.6 is 0 Å². The van der Waals surface area contributed by atoms with Crippen LogP contribution in [0.4, 0.5) is 0 Å². The molecule has 138 valence electrons. The summed E-state index contributed by atoms with van der Waals surface area (Å²) in [6.07, 6.45) is 6.00. The van der Waals surface area contributed by atoms with E-state index in [1.807, 2.05) is 6.07 Å². The van der Waals surface area contributed by atoms with Crippen molar-refractivity contribution < 1.29 is 22.0 Å². The van der Waals surface area contributed by atoms with Gasteiger partial charge in [-0.1, -0.05) is 30.3 Å². The molecule has 1 aliphatic heterocycles. The fraction of sp³-hybridized carbons (Fsp3) is 0.364. The SMILES string of the molecule is COc1ccc2[nH]cc(CC3CC[NH+](Cc4ccccc4)CC3)c2c1.[Cl-]. The molecule has 0 saturated carbocycles. The maximum Gasteiger partial charge on any atom is 0.119 e. The molecule has 4 heteroatoms. The van der Waals surface area contributed by atoms with E-state index in [1.165, 1.54) is 54.4 Å². The number of halogens is 1. The summed E-state index contributed by atoms with van der Waals surface area (Å²) in [6.45, 7) is 3.73. The second-order valence-corrected chi connectivity index (χ2v) is 7.29. The molecule has 2 heterocycles. The summed E-state index contributed by atoms with van der Waals surface area (Å²) in [5.74, 6) is 1.74. The van der Waals surface area contributed by atoms with Crippen molar-refractivity contribution in [3.8, 4) is 5.75 Å². The van der Waals surface area contributed by atoms with Crippen LogP contribution in [-0.4, -0.2) is 25.2 Å². The molecule has 0 atom stereocenters. The summed E-state index contributed by atoms with van der Waals surface area (Å²) in [4.78, 5) is 5.13. The Labute approximate surface area is 161 Å². The van der Waals surface area contributed by atoms with Gasteiger partial charge in [0.25, 0.3) is 0 Å². The van der Waals surface area contributed by atoms with Crippen LogP contribution in [0.3, 0.4) is 0 Å². The van der Waals surface area contributed by atoms with Gasteiger partial charge in [-0.3, -0.25) is 0 Å². The Balaban J connectivity index is 0.00000196. The maximum absolute atomic E-state index is 5.39. The number of likely N-dealkylation sites (tertiary alicyclic amines) is 1. The van der Waals surface area contributed by atoms with Gasteiger partial charge >= 0.3 is 0 Å². The van der Waals surface area contributed by atoms with E-state index >= 15 is 0 Å². The molecule has 1 aliphatic rings. The molecule has 0 radical (unpaired) electrons. The molecule has 0 amide bonds. The zero-order chi connectivity index (χ0) is 17.1. The summed E-state index contributed by atoms with van der Waals surface area (Å²) in [5.41, 5.74) is 4.10. The smallest absolute Gasteiger partial charge is 0.119 e. The molecule has 1 fully saturated rings. The highest BCUT2D eigenvalue weighted by atomic mass is 35.5. The quantitative estimate of drug-likeness (QED) is 0.661. The summed E-state index contributed by atoms with van der Waals surface area (Å²) < 4.78 is 5.39. The number of hydrogen-bond donors (Lipinski definition) is 2. The average Bonchev–Trinajstić information content (AvgIpc) is 3.06. The second kappa shape index (κ2) is 8.61. The second-order valence-electron chi connectivity index (χ2n) is 7.29. The van der Waals surface area contributed by atoms with Gasteiger partial charge in [-0.25, -0.2) is 0 Å². The lowest BCUT2D eigenvalue weighted by Gasteiger charge is -2.29. The Kier molecular flexibility index (Phi) is 6.23. The molecule has 0 bridgehead atoms. The fourth-order valence-electron chi connectivity index (χ4n) is 4.12. The molecule has 0 aliphatic carbocycles. The third-order valence-electron chi connectivity index (χ3n) is 5.59. The first kappa shape index (κ1) is 18.8. The van der Waals surface area contributed by atoms with Crippen molar-refractivity contribution in [2.45, 2.75) is 25.8 Å². The van der Waals surface area contributed by atoms with Gasteiger partial charge in [-0.2, -0.15) is 0 Å². The number of methoxy groups -OCH3 is 1. The number of piperidine rings is 1. The van der Waals surface area contributed by atoms with Crippen LogP contribution in [0.2, 0.25) is 0 Å². The van der Waals surface area contributed by atoms with Crippen molar-refractivity contribution in [1.82, 2.24) is 4.98 Å². The molecule has 1 saturated heterocycles. The van der Waals surface area contributed by atoms with Crippen molar-refractivity contribution in [2.75, 3.05) is 20.2 Å². The molecule has 2 N–H and O–H groups in total. The highest BCUT2D eigenvalue weighted by Gasteiger charge is 2.23. The number of rotatable bonds is 5. The Morgan fingerprint density at radius 3 is 2.58 bits per heavy atom. The highest BCUT2D eigenvalue weighted by molar-refractivity contribution is 5.84. The van der Waals surface area contributed by atoms with E-state index < -0.39 is 0 Å². The van der Waals surface area contributed by atoms with Gasteiger partial charge in [0, 0.05) is 22.7 Å². The van der Waals surface area contributed by atoms with E-state index in [0.29, 0.717) is 0 Å². The number of quaternary nitrogens is 1. The van der Waals surface area contributed by atoms with E-state index in [2.05, 4.69) is 53.6 Å². The lowest BCUT2D eigenvalue weighted by Crippen LogP contribution is -3.11. The maximum atomic E-state index is 5.39. The normalized spacial score (nSPS) is 19.9. The molecule has 26 heavy (non-hydrogen) atoms. The van der Waals surface area contributed by atoms with Crippen molar-refractivity contribution in [1.29, 1.82) is 0 Å². The predicted octanol–water partition coefficient (Wildman–Crippen LogP) is 0.218. The minimum Gasteiger partial charge on any atom is -1.00 e. The highest BCUT2D eigenvalue weighted by Crippen LogP contribution is 2.27. The minimum atomic E-state index is 0. The van der Waals surface area contributed by atoms with Crippen molar-refractivity contribution in [2.24, 2.45) is 5.92 Å². The standard InChI is InChI=1S/C22H26N2O.ClH/c1-25-20-7-8-22-21(14-20)19(15-23-22)13-17-9-11-24(12-10-17)16-18-5-3-2-4-6-18;/h2-8,14-15,17,23H,9-13,16H2,1H3;1H. The third-order valence-corrected chi connectivity index (χ3v) is 5.59. The number of benzene rings is 2. The van der Waals surface area contributed by atoms with E-state index in [9.17, 15) is 0 Å². The number of aromatic nitrogens is 1. The van der Waals surface area contributed by atoms with Crippen LogP contribution in [0.1, 0.15) is 24.0 Å². The van der Waals surface area contributed by atoms with Crippen molar-refractivity contribution >= 4 is 10.9 Å². The first-order valence-corrected chi connectivity index (χ1v) is 9.33. The molecule has 2 aromatic carbocycles. The average molecular weight is 371 g/mol. The lowest BCUT2D eigenvalue weighted by molar-refractivity contribution is -0.919. The van der Waals surface area contributed by atoms with Gasteiger partial charge in [0.15, 0.2) is 0 Å². The van der Waals surface area contributed by atoms with Gasteiger partial charge < -0.3 is 27.0 Å². The Morgan fingerprint density at radius 1 is 1.08 bits per heavy atom. The Morgan fingerprint density at radius 2 is 1.85 bits per heavy atom. The minimum absolute atomic E-state index is 0. The Bertz CT molecular complexity index is 823. The van der Waals surface area contributed by atoms with E-state index in [0.717, 1.165) is 18.2 Å². The van der Waals surface area contributed by atoms with Crippen LogP contribution in [0.15, 0.2) is 54.7 Å². The summed E-state index contributed by atoms with van der Waals surface area (Å²) in [5, 5.41) is 1.32. The summed E-state index contributed by atoms with van der Waals surface area (Å²) in [6, 6.07) is 17.2. The molecule has 0 spiro atoms. The van der Waals surface area contributed by atoms with Gasteiger partial charge in [0.05, 0.1) is 20.2 Å². The summed E-state index contributed by atoms with van der Waals surface area (Å²) in [7, 11) is 1.73. The molecular formula is C22H27ClN2O. The third kappa shape index (κ3) is 4.22. The number of hydrogen-bond acceptors (Lipinski definition) is 1. The first-order chi connectivity index (χ1) is 12.3. The van der Waals surface area contributed by atoms with Crippen LogP contribution < -0.4 is 22.0 Å². The number of nitrogens with one attached hydrogen (secondary N) is 2. The summed E-state index contributed by atoms with van der Waals surface area (Å²) >= 11 is 0. The van der Waals surface area contributed by atoms with Crippen molar-refractivity contribution in [3.05, 3.63) is 65.9 Å². The van der Waals surface area contributed by atoms with Crippen molar-refractivity contribution in [3.63, 3.8) is 0 Å². The van der Waals surface area contributed by atoms with Gasteiger partial charge in [-0.05, 0) is 48.9 Å². The molecule has 4 rings (SSSR count). The van der Waals surface area contributed by atoms with E-state index in [4.69, 9.17) is 4.74 Å². The number of H-pyrrole nitrogens is 1. The largest absolute Gasteiger partial charge is 1.00 e. The first-order valence-electron chi connectivity index (χ1n) is 9.33. The van der Waals surface area contributed by atoms with E-state index in [-0.39, 0.29) is 12.4 Å². The predicted molar refractivity (Wildman–Crippen MR) is 102 cm³/mol. The van der Waals surface area contributed by atoms with Crippen LogP contribution in [0, 0.1) is 5.92 Å². The molecule has 3 aromatic rings. The van der Waals surface area contributed by atoms with Crippen LogP contribution in [0.5, 0.6) is 5.75 Å². The Hall–Kier alpha value is -1.97. The zero-order valence-corrected chi connectivity index (χ0v) is 16.1. The number of aromatic amines is 1. The zero-order valence-electron chi connectivity index (χ0n) is 15.3. The molecular weight excluding hydrogens is 344 g/mol. The van der Waals surface area contributed by atoms with Gasteiger partial charge in [0.1, 0.15) is 12.3 Å². The number of ether oxygens (including phenoxy) is 1. The molecule has 0 unspecified atom stereocenters. The topological polar surface area (TPSA) is 29.5 Å². The lowest BCUT2D eigenvalue weighted by atomic mass is 9.90. The fourth-order valence-corrected chi connectivity index (χ4v) is 4.12. The number of fused-ring (bicyclic) bond motifs is 1. The van der Waals surface area contributed by atoms with Gasteiger partial charge in [-0.15, -0.1) is 0 Å². The molecule has 3 nitrogen and oxygen atoms in total. The van der Waals surface area contributed by atoms with Crippen LogP contribution in [0.25, 0.3) is 10.9 Å². The van der Waals surface area contributed by atoms with E-state index in [1.54, 1.807) is 12.0 Å². The van der Waals surface area contributed by atoms with Crippen LogP contribution in [-0.2, 0) is 13.0 Å².